The van der Waals surface area contributed by atoms with E-state index in [9.17, 15) is 14.4 Å². The van der Waals surface area contributed by atoms with Crippen molar-refractivity contribution in [2.45, 2.75) is 354 Å². The van der Waals surface area contributed by atoms with Crippen molar-refractivity contribution < 1.29 is 28.6 Å². The molecule has 0 aromatic carbocycles. The fraction of sp³-hybridized carbons (Fsp3) is 0.814. The van der Waals surface area contributed by atoms with E-state index in [2.05, 4.69) is 81.5 Å². The number of unbranched alkanes of at least 4 members (excludes halogenated alkanes) is 40. The summed E-state index contributed by atoms with van der Waals surface area (Å²) in [6, 6.07) is 0. The largest absolute Gasteiger partial charge is 0.462 e. The number of hydrogen-bond donors (Lipinski definition) is 0. The minimum Gasteiger partial charge on any atom is -0.462 e. The molecule has 1 atom stereocenters. The van der Waals surface area contributed by atoms with Gasteiger partial charge in [0.25, 0.3) is 0 Å². The monoisotopic (exact) mass is 1060 g/mol. The molecule has 0 aromatic heterocycles. The molecule has 0 bridgehead atoms. The van der Waals surface area contributed by atoms with Crippen molar-refractivity contribution >= 4 is 17.9 Å². The van der Waals surface area contributed by atoms with Crippen molar-refractivity contribution in [2.24, 2.45) is 0 Å². The van der Waals surface area contributed by atoms with Crippen LogP contribution in [0.25, 0.3) is 0 Å². The van der Waals surface area contributed by atoms with E-state index in [1.807, 2.05) is 0 Å². The number of hydrogen-bond acceptors (Lipinski definition) is 6. The Morgan fingerprint density at radius 1 is 0.276 bits per heavy atom. The van der Waals surface area contributed by atoms with Crippen LogP contribution in [0.15, 0.2) is 60.8 Å². The first kappa shape index (κ1) is 73.1. The third-order valence-corrected chi connectivity index (χ3v) is 14.8. The van der Waals surface area contributed by atoms with Gasteiger partial charge in [0.1, 0.15) is 13.2 Å². The Morgan fingerprint density at radius 3 is 0.803 bits per heavy atom. The summed E-state index contributed by atoms with van der Waals surface area (Å²) in [5.74, 6) is -0.888. The maximum Gasteiger partial charge on any atom is 0.306 e. The molecule has 76 heavy (non-hydrogen) atoms. The fourth-order valence-corrected chi connectivity index (χ4v) is 9.83. The summed E-state index contributed by atoms with van der Waals surface area (Å²) in [4.78, 5) is 38.1. The first-order valence-electron chi connectivity index (χ1n) is 33.3. The minimum absolute atomic E-state index is 0.0787. The second-order valence-electron chi connectivity index (χ2n) is 22.4. The van der Waals surface area contributed by atoms with E-state index in [1.165, 1.54) is 199 Å². The first-order chi connectivity index (χ1) is 37.5. The Morgan fingerprint density at radius 2 is 0.513 bits per heavy atom. The molecule has 0 heterocycles. The zero-order valence-electron chi connectivity index (χ0n) is 50.8. The predicted molar refractivity (Wildman–Crippen MR) is 330 cm³/mol. The van der Waals surface area contributed by atoms with E-state index in [0.717, 1.165) is 109 Å². The molecule has 0 amide bonds. The van der Waals surface area contributed by atoms with Gasteiger partial charge < -0.3 is 14.2 Å². The van der Waals surface area contributed by atoms with Gasteiger partial charge in [-0.2, -0.15) is 0 Å². The molecule has 6 nitrogen and oxygen atoms in total. The maximum atomic E-state index is 12.9. The molecule has 0 saturated heterocycles. The zero-order chi connectivity index (χ0) is 55.0. The van der Waals surface area contributed by atoms with Crippen LogP contribution in [0.3, 0.4) is 0 Å². The molecular weight excluding hydrogens is 937 g/mol. The number of rotatable bonds is 61. The lowest BCUT2D eigenvalue weighted by Crippen LogP contribution is -2.30. The van der Waals surface area contributed by atoms with Crippen LogP contribution in [0, 0.1) is 0 Å². The lowest BCUT2D eigenvalue weighted by Gasteiger charge is -2.18. The lowest BCUT2D eigenvalue weighted by molar-refractivity contribution is -0.167. The second-order valence-corrected chi connectivity index (χ2v) is 22.4. The molecule has 0 N–H and O–H groups in total. The topological polar surface area (TPSA) is 78.9 Å². The van der Waals surface area contributed by atoms with Gasteiger partial charge in [-0.05, 0) is 64.2 Å². The highest BCUT2D eigenvalue weighted by Crippen LogP contribution is 2.18. The minimum atomic E-state index is -0.781. The Balaban J connectivity index is 4.06. The number of carbonyl (C=O) groups is 3. The smallest absolute Gasteiger partial charge is 0.306 e. The summed E-state index contributed by atoms with van der Waals surface area (Å²) in [7, 11) is 0. The molecule has 0 fully saturated rings. The van der Waals surface area contributed by atoms with Crippen molar-refractivity contribution in [3.8, 4) is 0 Å². The van der Waals surface area contributed by atoms with Gasteiger partial charge in [0.2, 0.25) is 0 Å². The van der Waals surface area contributed by atoms with Crippen LogP contribution >= 0.6 is 0 Å². The van der Waals surface area contributed by atoms with Gasteiger partial charge in [-0.3, -0.25) is 14.4 Å². The predicted octanol–water partition coefficient (Wildman–Crippen LogP) is 22.7. The fourth-order valence-electron chi connectivity index (χ4n) is 9.83. The van der Waals surface area contributed by atoms with Gasteiger partial charge in [0, 0.05) is 19.3 Å². The van der Waals surface area contributed by atoms with Crippen LogP contribution in [0.2, 0.25) is 0 Å². The molecule has 0 spiro atoms. The Hall–Kier alpha value is -2.89. The van der Waals surface area contributed by atoms with Gasteiger partial charge >= 0.3 is 17.9 Å². The summed E-state index contributed by atoms with van der Waals surface area (Å²) in [5.41, 5.74) is 0. The van der Waals surface area contributed by atoms with Crippen molar-refractivity contribution in [1.29, 1.82) is 0 Å². The summed E-state index contributed by atoms with van der Waals surface area (Å²) in [6.07, 6.45) is 82.8. The molecule has 0 aliphatic rings. The molecule has 0 aromatic rings. The molecule has 0 aliphatic carbocycles. The van der Waals surface area contributed by atoms with Crippen LogP contribution in [0.4, 0.5) is 0 Å². The Bertz CT molecular complexity index is 1360. The highest BCUT2D eigenvalue weighted by Gasteiger charge is 2.19. The summed E-state index contributed by atoms with van der Waals surface area (Å²) < 4.78 is 16.8. The number of esters is 3. The van der Waals surface area contributed by atoms with Crippen molar-refractivity contribution in [3.63, 3.8) is 0 Å². The molecule has 1 unspecified atom stereocenters. The van der Waals surface area contributed by atoms with Crippen molar-refractivity contribution in [2.75, 3.05) is 13.2 Å². The van der Waals surface area contributed by atoms with Crippen LogP contribution in [-0.2, 0) is 28.6 Å². The molecular formula is C70H126O6. The van der Waals surface area contributed by atoms with E-state index < -0.39 is 6.10 Å². The molecule has 0 aliphatic heterocycles. The maximum absolute atomic E-state index is 12.9. The van der Waals surface area contributed by atoms with E-state index in [1.54, 1.807) is 0 Å². The number of ether oxygens (including phenoxy) is 3. The molecule has 442 valence electrons. The van der Waals surface area contributed by atoms with Crippen LogP contribution < -0.4 is 0 Å². The number of allylic oxidation sites excluding steroid dienone is 10. The van der Waals surface area contributed by atoms with Gasteiger partial charge in [0.15, 0.2) is 6.10 Å². The van der Waals surface area contributed by atoms with Crippen LogP contribution in [0.1, 0.15) is 348 Å². The molecule has 0 rings (SSSR count). The van der Waals surface area contributed by atoms with E-state index in [4.69, 9.17) is 14.2 Å². The Kier molecular flexibility index (Phi) is 62.2. The van der Waals surface area contributed by atoms with Crippen molar-refractivity contribution in [1.82, 2.24) is 0 Å². The highest BCUT2D eigenvalue weighted by molar-refractivity contribution is 5.71. The average Bonchev–Trinajstić information content (AvgIpc) is 3.42. The normalized spacial score (nSPS) is 12.4. The average molecular weight is 1060 g/mol. The zero-order valence-corrected chi connectivity index (χ0v) is 50.8. The first-order valence-corrected chi connectivity index (χ1v) is 33.3. The van der Waals surface area contributed by atoms with Gasteiger partial charge in [-0.15, -0.1) is 0 Å². The van der Waals surface area contributed by atoms with E-state index in [0.29, 0.717) is 19.3 Å². The van der Waals surface area contributed by atoms with E-state index in [-0.39, 0.29) is 31.1 Å². The third-order valence-electron chi connectivity index (χ3n) is 14.8. The molecule has 0 saturated carbocycles. The standard InChI is InChI=1S/C70H126O6/c1-4-7-10-13-16-18-20-22-24-26-28-30-31-32-33-34-35-36-37-38-40-41-43-45-47-49-51-54-57-60-63-69(72)75-66-67(65-74-68(71)62-59-56-53-15-12-9-6-3)76-70(73)64-61-58-55-52-50-48-46-44-42-39-29-27-25-23-21-19-17-14-11-8-5-2/h8,11,17,19,23,25,29,39,44,46,67H,4-7,9-10,12-16,18,20-22,24,26-28,30-38,40-43,45,47-66H2,1-3H3/b11-8-,19-17-,25-23-,39-29-,46-44-. The van der Waals surface area contributed by atoms with Crippen molar-refractivity contribution in [3.05, 3.63) is 60.8 Å². The summed E-state index contributed by atoms with van der Waals surface area (Å²) in [6.45, 7) is 6.51. The van der Waals surface area contributed by atoms with Crippen LogP contribution in [0.5, 0.6) is 0 Å². The number of carbonyl (C=O) groups excluding carboxylic acids is 3. The third kappa shape index (κ3) is 62.0. The summed E-state index contributed by atoms with van der Waals surface area (Å²) >= 11 is 0. The quantitative estimate of drug-likeness (QED) is 0.0261. The second kappa shape index (κ2) is 64.6. The van der Waals surface area contributed by atoms with Gasteiger partial charge in [-0.25, -0.2) is 0 Å². The Labute approximate surface area is 472 Å². The molecule has 6 heteroatoms. The van der Waals surface area contributed by atoms with Gasteiger partial charge in [-0.1, -0.05) is 326 Å². The highest BCUT2D eigenvalue weighted by atomic mass is 16.6. The lowest BCUT2D eigenvalue weighted by atomic mass is 10.0. The molecule has 0 radical (unpaired) electrons. The van der Waals surface area contributed by atoms with Gasteiger partial charge in [0.05, 0.1) is 0 Å². The van der Waals surface area contributed by atoms with Crippen LogP contribution in [-0.4, -0.2) is 37.2 Å². The van der Waals surface area contributed by atoms with E-state index >= 15 is 0 Å². The SMILES string of the molecule is CC/C=C\C/C=C\C/C=C\C/C=C\C/C=C\CCCCCCCC(=O)OC(COC(=O)CCCCCCCCC)COC(=O)CCCCCCCCCCCCCCCCCCCCCCCCCCCCCCCC. The summed E-state index contributed by atoms with van der Waals surface area (Å²) in [5, 5.41) is 0.